The SMILES string of the molecule is CCC[Si]1CCC(c2ccc(-c3ccc(OCC(F)F)c(F)c3)cc2)CC1. The lowest BCUT2D eigenvalue weighted by Crippen LogP contribution is -2.19. The Bertz CT molecular complexity index is 725. The third-order valence-electron chi connectivity index (χ3n) is 5.31. The Morgan fingerprint density at radius 3 is 2.30 bits per heavy atom. The Kier molecular flexibility index (Phi) is 6.99. The van der Waals surface area contributed by atoms with E-state index in [-0.39, 0.29) is 14.5 Å². The number of alkyl halides is 2. The maximum atomic E-state index is 14.1. The highest BCUT2D eigenvalue weighted by atomic mass is 28.3. The van der Waals surface area contributed by atoms with Gasteiger partial charge in [0.15, 0.2) is 11.6 Å². The Morgan fingerprint density at radius 2 is 1.70 bits per heavy atom. The average molecular weight is 392 g/mol. The monoisotopic (exact) mass is 391 g/mol. The molecular formula is C22H26F3OSi. The molecular weight excluding hydrogens is 365 g/mol. The number of hydrogen-bond acceptors (Lipinski definition) is 1. The zero-order chi connectivity index (χ0) is 19.2. The Labute approximate surface area is 161 Å². The molecule has 5 heteroatoms. The van der Waals surface area contributed by atoms with Crippen LogP contribution >= 0.6 is 0 Å². The fourth-order valence-corrected chi connectivity index (χ4v) is 6.83. The molecule has 0 aliphatic carbocycles. The van der Waals surface area contributed by atoms with Gasteiger partial charge in [-0.25, -0.2) is 13.2 Å². The van der Waals surface area contributed by atoms with Gasteiger partial charge in [-0.05, 0) is 47.6 Å². The first-order valence-electron chi connectivity index (χ1n) is 9.71. The van der Waals surface area contributed by atoms with E-state index in [1.165, 1.54) is 55.1 Å². The molecule has 145 valence electrons. The quantitative estimate of drug-likeness (QED) is 0.466. The van der Waals surface area contributed by atoms with Crippen molar-refractivity contribution in [3.8, 4) is 16.9 Å². The van der Waals surface area contributed by atoms with Crippen LogP contribution in [-0.4, -0.2) is 21.8 Å². The van der Waals surface area contributed by atoms with Crippen molar-refractivity contribution in [2.24, 2.45) is 0 Å². The first-order valence-corrected chi connectivity index (χ1v) is 11.8. The number of halogens is 3. The highest BCUT2D eigenvalue weighted by molar-refractivity contribution is 6.59. The molecule has 0 N–H and O–H groups in total. The minimum absolute atomic E-state index is 0.108. The Balaban J connectivity index is 1.64. The number of hydrogen-bond donors (Lipinski definition) is 0. The van der Waals surface area contributed by atoms with Crippen molar-refractivity contribution in [3.05, 3.63) is 53.8 Å². The van der Waals surface area contributed by atoms with E-state index in [1.54, 1.807) is 6.07 Å². The molecule has 0 saturated carbocycles. The summed E-state index contributed by atoms with van der Waals surface area (Å²) in [6.07, 6.45) is 1.28. The molecule has 2 aromatic rings. The van der Waals surface area contributed by atoms with E-state index in [2.05, 4.69) is 19.1 Å². The highest BCUT2D eigenvalue weighted by Crippen LogP contribution is 2.36. The standard InChI is InChI=1S/C22H26F3OSi/c1-2-11-27-12-9-18(10-13-27)16-3-5-17(6-4-16)19-7-8-21(20(23)14-19)26-15-22(24)25/h3-8,14,18,22H,2,9-13,15H2,1H3. The molecule has 2 aromatic carbocycles. The molecule has 0 spiro atoms. The lowest BCUT2D eigenvalue weighted by Gasteiger charge is -2.27. The smallest absolute Gasteiger partial charge is 0.272 e. The first kappa shape index (κ1) is 20.0. The van der Waals surface area contributed by atoms with Crippen LogP contribution in [-0.2, 0) is 0 Å². The zero-order valence-corrected chi connectivity index (χ0v) is 16.7. The van der Waals surface area contributed by atoms with Gasteiger partial charge in [0.05, 0.1) is 0 Å². The van der Waals surface area contributed by atoms with Crippen LogP contribution in [0.5, 0.6) is 5.75 Å². The van der Waals surface area contributed by atoms with Crippen molar-refractivity contribution in [2.75, 3.05) is 6.61 Å². The summed E-state index contributed by atoms with van der Waals surface area (Å²) in [7, 11) is -0.108. The van der Waals surface area contributed by atoms with E-state index in [4.69, 9.17) is 4.74 Å². The highest BCUT2D eigenvalue weighted by Gasteiger charge is 2.22. The molecule has 1 nitrogen and oxygen atoms in total. The largest absolute Gasteiger partial charge is 0.485 e. The van der Waals surface area contributed by atoms with Crippen LogP contribution in [0.3, 0.4) is 0 Å². The van der Waals surface area contributed by atoms with Crippen LogP contribution in [0, 0.1) is 5.82 Å². The predicted octanol–water partition coefficient (Wildman–Crippen LogP) is 6.92. The molecule has 0 unspecified atom stereocenters. The van der Waals surface area contributed by atoms with Crippen molar-refractivity contribution >= 4 is 8.80 Å². The van der Waals surface area contributed by atoms with Gasteiger partial charge >= 0.3 is 0 Å². The molecule has 1 heterocycles. The third-order valence-corrected chi connectivity index (χ3v) is 8.51. The summed E-state index contributed by atoms with van der Waals surface area (Å²) in [5.74, 6) is -0.107. The summed E-state index contributed by atoms with van der Waals surface area (Å²) >= 11 is 0. The first-order chi connectivity index (χ1) is 13.1. The molecule has 1 aliphatic heterocycles. The summed E-state index contributed by atoms with van der Waals surface area (Å²) in [5.41, 5.74) is 3.01. The van der Waals surface area contributed by atoms with Gasteiger partial charge in [0, 0.05) is 8.80 Å². The Hall–Kier alpha value is -1.75. The summed E-state index contributed by atoms with van der Waals surface area (Å²) in [6, 6.07) is 17.1. The lowest BCUT2D eigenvalue weighted by atomic mass is 9.92. The average Bonchev–Trinajstić information content (AvgIpc) is 2.68. The van der Waals surface area contributed by atoms with Gasteiger partial charge < -0.3 is 4.74 Å². The molecule has 1 saturated heterocycles. The second-order valence-electron chi connectivity index (χ2n) is 7.24. The molecule has 1 fully saturated rings. The third kappa shape index (κ3) is 5.38. The van der Waals surface area contributed by atoms with Crippen LogP contribution in [0.25, 0.3) is 11.1 Å². The van der Waals surface area contributed by atoms with Crippen LogP contribution in [0.15, 0.2) is 42.5 Å². The minimum atomic E-state index is -2.62. The van der Waals surface area contributed by atoms with E-state index in [0.717, 1.165) is 11.1 Å². The van der Waals surface area contributed by atoms with Gasteiger partial charge in [0.2, 0.25) is 0 Å². The van der Waals surface area contributed by atoms with Gasteiger partial charge in [-0.15, -0.1) is 0 Å². The normalized spacial score (nSPS) is 16.0. The predicted molar refractivity (Wildman–Crippen MR) is 106 cm³/mol. The summed E-state index contributed by atoms with van der Waals surface area (Å²) < 4.78 is 43.3. The number of ether oxygens (including phenoxy) is 1. The molecule has 1 radical (unpaired) electrons. The number of rotatable bonds is 7. The lowest BCUT2D eigenvalue weighted by molar-refractivity contribution is 0.0799. The van der Waals surface area contributed by atoms with Crippen molar-refractivity contribution in [1.82, 2.24) is 0 Å². The fourth-order valence-electron chi connectivity index (χ4n) is 3.86. The van der Waals surface area contributed by atoms with E-state index >= 15 is 0 Å². The van der Waals surface area contributed by atoms with E-state index < -0.39 is 18.8 Å². The van der Waals surface area contributed by atoms with Crippen LogP contribution in [0.2, 0.25) is 18.1 Å². The van der Waals surface area contributed by atoms with Crippen molar-refractivity contribution in [1.29, 1.82) is 0 Å². The van der Waals surface area contributed by atoms with Gasteiger partial charge in [-0.3, -0.25) is 0 Å². The van der Waals surface area contributed by atoms with E-state index in [9.17, 15) is 13.2 Å². The second kappa shape index (κ2) is 9.45. The molecule has 1 aliphatic rings. The topological polar surface area (TPSA) is 9.23 Å². The number of benzene rings is 2. The maximum absolute atomic E-state index is 14.1. The van der Waals surface area contributed by atoms with Crippen molar-refractivity contribution in [2.45, 2.75) is 56.7 Å². The molecule has 0 amide bonds. The molecule has 0 aromatic heterocycles. The maximum Gasteiger partial charge on any atom is 0.272 e. The van der Waals surface area contributed by atoms with Crippen molar-refractivity contribution < 1.29 is 17.9 Å². The van der Waals surface area contributed by atoms with Gasteiger partial charge in [-0.2, -0.15) is 0 Å². The summed E-state index contributed by atoms with van der Waals surface area (Å²) in [6.45, 7) is 1.48. The van der Waals surface area contributed by atoms with Crippen LogP contribution in [0.1, 0.15) is 37.7 Å². The minimum Gasteiger partial charge on any atom is -0.485 e. The van der Waals surface area contributed by atoms with Gasteiger partial charge in [-0.1, -0.05) is 61.8 Å². The van der Waals surface area contributed by atoms with Crippen molar-refractivity contribution in [3.63, 3.8) is 0 Å². The summed E-state index contributed by atoms with van der Waals surface area (Å²) in [4.78, 5) is 0. The van der Waals surface area contributed by atoms with Crippen LogP contribution in [0.4, 0.5) is 13.2 Å². The molecule has 0 atom stereocenters. The molecule has 27 heavy (non-hydrogen) atoms. The second-order valence-corrected chi connectivity index (χ2v) is 10.2. The zero-order valence-electron chi connectivity index (χ0n) is 15.7. The Morgan fingerprint density at radius 1 is 1.04 bits per heavy atom. The van der Waals surface area contributed by atoms with Gasteiger partial charge in [0.25, 0.3) is 6.43 Å². The van der Waals surface area contributed by atoms with Gasteiger partial charge in [0.1, 0.15) is 6.61 Å². The molecule has 0 bridgehead atoms. The molecule has 3 rings (SSSR count). The summed E-state index contributed by atoms with van der Waals surface area (Å²) in [5, 5.41) is 0. The van der Waals surface area contributed by atoms with E-state index in [0.29, 0.717) is 5.92 Å². The van der Waals surface area contributed by atoms with Crippen LogP contribution < -0.4 is 4.74 Å². The van der Waals surface area contributed by atoms with E-state index in [1.807, 2.05) is 12.1 Å². The fraction of sp³-hybridized carbons (Fsp3) is 0.455.